The molecule has 76 valence electrons. The molecule has 4 heteroatoms. The molecule has 0 unspecified atom stereocenters. The SMILES string of the molecule is O=C(c1cccs1)c1cc(Cl)ccc1Cl. The fraction of sp³-hybridized carbons (Fsp3) is 0. The molecular formula is C11H6Cl2OS. The molecule has 0 radical (unpaired) electrons. The van der Waals surface area contributed by atoms with E-state index in [1.807, 2.05) is 11.4 Å². The van der Waals surface area contributed by atoms with Crippen LogP contribution in [-0.2, 0) is 0 Å². The Morgan fingerprint density at radius 3 is 2.67 bits per heavy atom. The van der Waals surface area contributed by atoms with Crippen molar-refractivity contribution in [2.24, 2.45) is 0 Å². The molecule has 1 aromatic carbocycles. The first-order chi connectivity index (χ1) is 7.18. The highest BCUT2D eigenvalue weighted by atomic mass is 35.5. The summed E-state index contributed by atoms with van der Waals surface area (Å²) in [6, 6.07) is 8.48. The monoisotopic (exact) mass is 256 g/mol. The molecule has 0 aliphatic carbocycles. The Labute approximate surface area is 101 Å². The van der Waals surface area contributed by atoms with Crippen molar-refractivity contribution in [1.82, 2.24) is 0 Å². The minimum Gasteiger partial charge on any atom is -0.288 e. The average molecular weight is 257 g/mol. The second-order valence-electron chi connectivity index (χ2n) is 2.93. The van der Waals surface area contributed by atoms with Crippen molar-refractivity contribution in [3.8, 4) is 0 Å². The molecule has 0 spiro atoms. The van der Waals surface area contributed by atoms with Gasteiger partial charge in [-0.05, 0) is 29.6 Å². The van der Waals surface area contributed by atoms with Crippen LogP contribution < -0.4 is 0 Å². The zero-order valence-electron chi connectivity index (χ0n) is 7.54. The van der Waals surface area contributed by atoms with E-state index in [4.69, 9.17) is 23.2 Å². The van der Waals surface area contributed by atoms with E-state index in [1.165, 1.54) is 11.3 Å². The zero-order chi connectivity index (χ0) is 10.8. The summed E-state index contributed by atoms with van der Waals surface area (Å²) in [5, 5.41) is 2.79. The molecule has 0 bridgehead atoms. The fourth-order valence-corrected chi connectivity index (χ4v) is 2.27. The van der Waals surface area contributed by atoms with Gasteiger partial charge in [0.1, 0.15) is 0 Å². The van der Waals surface area contributed by atoms with Gasteiger partial charge in [-0.15, -0.1) is 11.3 Å². The summed E-state index contributed by atoms with van der Waals surface area (Å²) in [5.41, 5.74) is 0.451. The van der Waals surface area contributed by atoms with Crippen LogP contribution in [0.4, 0.5) is 0 Å². The minimum atomic E-state index is -0.0856. The third kappa shape index (κ3) is 2.23. The van der Waals surface area contributed by atoms with Crippen molar-refractivity contribution in [3.63, 3.8) is 0 Å². The molecule has 2 aromatic rings. The molecule has 0 amide bonds. The van der Waals surface area contributed by atoms with Gasteiger partial charge in [-0.3, -0.25) is 4.79 Å². The Balaban J connectivity index is 2.46. The van der Waals surface area contributed by atoms with E-state index in [0.717, 1.165) is 0 Å². The smallest absolute Gasteiger partial charge is 0.204 e. The van der Waals surface area contributed by atoms with Crippen molar-refractivity contribution in [3.05, 3.63) is 56.2 Å². The van der Waals surface area contributed by atoms with Crippen molar-refractivity contribution in [2.75, 3.05) is 0 Å². The van der Waals surface area contributed by atoms with Gasteiger partial charge in [0.2, 0.25) is 5.78 Å². The number of ketones is 1. The molecule has 0 aliphatic rings. The predicted octanol–water partition coefficient (Wildman–Crippen LogP) is 4.29. The van der Waals surface area contributed by atoms with Crippen molar-refractivity contribution < 1.29 is 4.79 Å². The summed E-state index contributed by atoms with van der Waals surface area (Å²) in [5.74, 6) is -0.0856. The molecule has 1 aromatic heterocycles. The lowest BCUT2D eigenvalue weighted by Gasteiger charge is -2.01. The molecule has 2 rings (SSSR count). The molecule has 0 atom stereocenters. The van der Waals surface area contributed by atoms with E-state index in [0.29, 0.717) is 20.5 Å². The van der Waals surface area contributed by atoms with Crippen LogP contribution in [-0.4, -0.2) is 5.78 Å². The highest BCUT2D eigenvalue weighted by Gasteiger charge is 2.13. The minimum absolute atomic E-state index is 0.0856. The fourth-order valence-electron chi connectivity index (χ4n) is 1.21. The third-order valence-corrected chi connectivity index (χ3v) is 3.35. The first kappa shape index (κ1) is 10.7. The highest BCUT2D eigenvalue weighted by Crippen LogP contribution is 2.24. The summed E-state index contributed by atoms with van der Waals surface area (Å²) in [6.45, 7) is 0. The molecule has 15 heavy (non-hydrogen) atoms. The van der Waals surface area contributed by atoms with Gasteiger partial charge in [0.05, 0.1) is 9.90 Å². The summed E-state index contributed by atoms with van der Waals surface area (Å²) in [7, 11) is 0. The Hall–Kier alpha value is -0.830. The van der Waals surface area contributed by atoms with Crippen LogP contribution in [0.3, 0.4) is 0 Å². The number of carbonyl (C=O) groups excluding carboxylic acids is 1. The van der Waals surface area contributed by atoms with E-state index >= 15 is 0 Å². The topological polar surface area (TPSA) is 17.1 Å². The average Bonchev–Trinajstić information content (AvgIpc) is 2.74. The summed E-state index contributed by atoms with van der Waals surface area (Å²) >= 11 is 13.1. The van der Waals surface area contributed by atoms with Crippen LogP contribution in [0.15, 0.2) is 35.7 Å². The van der Waals surface area contributed by atoms with Crippen molar-refractivity contribution in [2.45, 2.75) is 0 Å². The van der Waals surface area contributed by atoms with Gasteiger partial charge in [-0.25, -0.2) is 0 Å². The number of carbonyl (C=O) groups is 1. The summed E-state index contributed by atoms with van der Waals surface area (Å²) in [4.78, 5) is 12.6. The number of halogens is 2. The number of benzene rings is 1. The largest absolute Gasteiger partial charge is 0.288 e. The standard InChI is InChI=1S/C11H6Cl2OS/c12-7-3-4-9(13)8(6-7)11(14)10-2-1-5-15-10/h1-6H. The van der Waals surface area contributed by atoms with Crippen LogP contribution in [0.1, 0.15) is 15.2 Å². The maximum Gasteiger partial charge on any atom is 0.204 e. The number of thiophene rings is 1. The second-order valence-corrected chi connectivity index (χ2v) is 4.72. The highest BCUT2D eigenvalue weighted by molar-refractivity contribution is 7.12. The lowest BCUT2D eigenvalue weighted by molar-refractivity contribution is 0.104. The Bertz CT molecular complexity index is 491. The van der Waals surface area contributed by atoms with Crippen LogP contribution in [0.2, 0.25) is 10.0 Å². The Morgan fingerprint density at radius 2 is 2.00 bits per heavy atom. The third-order valence-electron chi connectivity index (χ3n) is 1.92. The molecule has 0 aliphatic heterocycles. The van der Waals surface area contributed by atoms with Gasteiger partial charge < -0.3 is 0 Å². The predicted molar refractivity (Wildman–Crippen MR) is 64.2 cm³/mol. The molecule has 0 saturated carbocycles. The van der Waals surface area contributed by atoms with Crippen molar-refractivity contribution in [1.29, 1.82) is 0 Å². The first-order valence-electron chi connectivity index (χ1n) is 4.22. The number of hydrogen-bond donors (Lipinski definition) is 0. The van der Waals surface area contributed by atoms with E-state index in [2.05, 4.69) is 0 Å². The van der Waals surface area contributed by atoms with Crippen LogP contribution in [0.5, 0.6) is 0 Å². The van der Waals surface area contributed by atoms with Gasteiger partial charge in [0.15, 0.2) is 0 Å². The first-order valence-corrected chi connectivity index (χ1v) is 5.85. The van der Waals surface area contributed by atoms with Gasteiger partial charge in [-0.1, -0.05) is 29.3 Å². The number of hydrogen-bond acceptors (Lipinski definition) is 2. The Morgan fingerprint density at radius 1 is 1.20 bits per heavy atom. The lowest BCUT2D eigenvalue weighted by atomic mass is 10.1. The van der Waals surface area contributed by atoms with Crippen LogP contribution in [0.25, 0.3) is 0 Å². The Kier molecular flexibility index (Phi) is 3.10. The second kappa shape index (κ2) is 4.35. The van der Waals surface area contributed by atoms with Gasteiger partial charge >= 0.3 is 0 Å². The van der Waals surface area contributed by atoms with Crippen molar-refractivity contribution >= 4 is 40.3 Å². The van der Waals surface area contributed by atoms with Crippen LogP contribution >= 0.6 is 34.5 Å². The lowest BCUT2D eigenvalue weighted by Crippen LogP contribution is -1.99. The van der Waals surface area contributed by atoms with E-state index in [9.17, 15) is 4.79 Å². The normalized spacial score (nSPS) is 10.3. The maximum absolute atomic E-state index is 11.9. The van der Waals surface area contributed by atoms with Crippen LogP contribution in [0, 0.1) is 0 Å². The molecule has 0 N–H and O–H groups in total. The van der Waals surface area contributed by atoms with E-state index in [1.54, 1.807) is 24.3 Å². The molecule has 0 fully saturated rings. The summed E-state index contributed by atoms with van der Waals surface area (Å²) in [6.07, 6.45) is 0. The molecule has 0 saturated heterocycles. The molecule has 1 heterocycles. The number of rotatable bonds is 2. The molecule has 1 nitrogen and oxygen atoms in total. The maximum atomic E-state index is 11.9. The van der Waals surface area contributed by atoms with E-state index < -0.39 is 0 Å². The molecular weight excluding hydrogens is 251 g/mol. The summed E-state index contributed by atoms with van der Waals surface area (Å²) < 4.78 is 0. The quantitative estimate of drug-likeness (QED) is 0.733. The van der Waals surface area contributed by atoms with Gasteiger partial charge in [0, 0.05) is 10.6 Å². The van der Waals surface area contributed by atoms with Gasteiger partial charge in [-0.2, -0.15) is 0 Å². The van der Waals surface area contributed by atoms with Gasteiger partial charge in [0.25, 0.3) is 0 Å². The zero-order valence-corrected chi connectivity index (χ0v) is 9.86. The van der Waals surface area contributed by atoms with E-state index in [-0.39, 0.29) is 5.78 Å².